The molecule has 92 valence electrons. The van der Waals surface area contributed by atoms with Crippen LogP contribution in [0.5, 0.6) is 0 Å². The third-order valence-corrected chi connectivity index (χ3v) is 3.36. The Balaban J connectivity index is 1.94. The quantitative estimate of drug-likeness (QED) is 0.819. The predicted molar refractivity (Wildman–Crippen MR) is 68.9 cm³/mol. The van der Waals surface area contributed by atoms with Gasteiger partial charge in [0.15, 0.2) is 0 Å². The highest BCUT2D eigenvalue weighted by atomic mass is 16.1. The summed E-state index contributed by atoms with van der Waals surface area (Å²) in [6.07, 6.45) is 4.14. The van der Waals surface area contributed by atoms with Crippen LogP contribution in [-0.4, -0.2) is 18.0 Å². The Morgan fingerprint density at radius 3 is 2.65 bits per heavy atom. The molecule has 0 spiro atoms. The van der Waals surface area contributed by atoms with Crippen LogP contribution < -0.4 is 11.1 Å². The van der Waals surface area contributed by atoms with E-state index in [1.807, 2.05) is 31.2 Å². The van der Waals surface area contributed by atoms with Gasteiger partial charge >= 0.3 is 0 Å². The van der Waals surface area contributed by atoms with Crippen molar-refractivity contribution in [1.82, 2.24) is 5.32 Å². The van der Waals surface area contributed by atoms with Crippen LogP contribution in [0.1, 0.15) is 41.6 Å². The SMILES string of the molecule is Cc1ccc(C(=O)NC2CCCC(N)C2)cc1. The zero-order valence-corrected chi connectivity index (χ0v) is 10.3. The Hall–Kier alpha value is -1.35. The molecule has 0 aliphatic heterocycles. The van der Waals surface area contributed by atoms with E-state index < -0.39 is 0 Å². The first-order chi connectivity index (χ1) is 8.15. The maximum Gasteiger partial charge on any atom is 0.251 e. The van der Waals surface area contributed by atoms with Crippen LogP contribution in [0, 0.1) is 6.92 Å². The standard InChI is InChI=1S/C14H20N2O/c1-10-5-7-11(8-6-10)14(17)16-13-4-2-3-12(15)9-13/h5-8,12-13H,2-4,9,15H2,1H3,(H,16,17). The van der Waals surface area contributed by atoms with Gasteiger partial charge in [0.05, 0.1) is 0 Å². The zero-order valence-electron chi connectivity index (χ0n) is 10.3. The molecule has 1 fully saturated rings. The third kappa shape index (κ3) is 3.30. The second-order valence-corrected chi connectivity index (χ2v) is 4.96. The lowest BCUT2D eigenvalue weighted by Gasteiger charge is -2.27. The van der Waals surface area contributed by atoms with Gasteiger partial charge in [-0.15, -0.1) is 0 Å². The minimum Gasteiger partial charge on any atom is -0.349 e. The minimum absolute atomic E-state index is 0.0177. The van der Waals surface area contributed by atoms with Gasteiger partial charge in [0.1, 0.15) is 0 Å². The first-order valence-electron chi connectivity index (χ1n) is 6.28. The Bertz CT molecular complexity index is 386. The van der Waals surface area contributed by atoms with Crippen LogP contribution in [0.25, 0.3) is 0 Å². The molecule has 1 saturated carbocycles. The molecule has 17 heavy (non-hydrogen) atoms. The van der Waals surface area contributed by atoms with Crippen molar-refractivity contribution in [3.63, 3.8) is 0 Å². The molecule has 3 heteroatoms. The maximum absolute atomic E-state index is 12.0. The lowest BCUT2D eigenvalue weighted by Crippen LogP contribution is -2.42. The van der Waals surface area contributed by atoms with Gasteiger partial charge in [0.2, 0.25) is 0 Å². The van der Waals surface area contributed by atoms with Crippen LogP contribution in [0.4, 0.5) is 0 Å². The number of carbonyl (C=O) groups is 1. The van der Waals surface area contributed by atoms with E-state index in [1.165, 1.54) is 5.56 Å². The summed E-state index contributed by atoms with van der Waals surface area (Å²) in [4.78, 5) is 12.0. The summed E-state index contributed by atoms with van der Waals surface area (Å²) in [5.74, 6) is 0.0177. The first-order valence-corrected chi connectivity index (χ1v) is 6.28. The molecule has 0 saturated heterocycles. The molecule has 2 unspecified atom stereocenters. The number of nitrogens with two attached hydrogens (primary N) is 1. The second kappa shape index (κ2) is 5.32. The van der Waals surface area contributed by atoms with Crippen molar-refractivity contribution in [2.45, 2.75) is 44.7 Å². The molecule has 0 heterocycles. The highest BCUT2D eigenvalue weighted by Gasteiger charge is 2.20. The van der Waals surface area contributed by atoms with E-state index >= 15 is 0 Å². The van der Waals surface area contributed by atoms with Crippen molar-refractivity contribution in [2.75, 3.05) is 0 Å². The van der Waals surface area contributed by atoms with Crippen molar-refractivity contribution >= 4 is 5.91 Å². The summed E-state index contributed by atoms with van der Waals surface area (Å²) in [5.41, 5.74) is 7.81. The van der Waals surface area contributed by atoms with Crippen molar-refractivity contribution in [1.29, 1.82) is 0 Å². The van der Waals surface area contributed by atoms with E-state index in [-0.39, 0.29) is 18.0 Å². The van der Waals surface area contributed by atoms with Crippen LogP contribution in [0.2, 0.25) is 0 Å². The van der Waals surface area contributed by atoms with Crippen LogP contribution >= 0.6 is 0 Å². The number of carbonyl (C=O) groups excluding carboxylic acids is 1. The molecule has 2 atom stereocenters. The minimum atomic E-state index is 0.0177. The summed E-state index contributed by atoms with van der Waals surface area (Å²) in [7, 11) is 0. The maximum atomic E-state index is 12.0. The molecule has 0 aromatic heterocycles. The molecule has 3 nitrogen and oxygen atoms in total. The van der Waals surface area contributed by atoms with E-state index in [1.54, 1.807) is 0 Å². The van der Waals surface area contributed by atoms with Crippen molar-refractivity contribution in [2.24, 2.45) is 5.73 Å². The van der Waals surface area contributed by atoms with E-state index in [9.17, 15) is 4.79 Å². The Morgan fingerprint density at radius 2 is 2.00 bits per heavy atom. The molecule has 1 aliphatic rings. The highest BCUT2D eigenvalue weighted by Crippen LogP contribution is 2.17. The fourth-order valence-corrected chi connectivity index (χ4v) is 2.33. The van der Waals surface area contributed by atoms with Crippen molar-refractivity contribution in [3.05, 3.63) is 35.4 Å². The fourth-order valence-electron chi connectivity index (χ4n) is 2.33. The van der Waals surface area contributed by atoms with Gasteiger partial charge in [-0.3, -0.25) is 4.79 Å². The smallest absolute Gasteiger partial charge is 0.251 e. The molecule has 0 radical (unpaired) electrons. The molecule has 1 aromatic rings. The molecular weight excluding hydrogens is 212 g/mol. The summed E-state index contributed by atoms with van der Waals surface area (Å²) in [5, 5.41) is 3.07. The lowest BCUT2D eigenvalue weighted by molar-refractivity contribution is 0.0925. The van der Waals surface area contributed by atoms with Crippen LogP contribution in [-0.2, 0) is 0 Å². The number of rotatable bonds is 2. The normalized spacial score (nSPS) is 24.4. The Kier molecular flexibility index (Phi) is 3.79. The summed E-state index contributed by atoms with van der Waals surface area (Å²) in [6, 6.07) is 8.14. The van der Waals surface area contributed by atoms with Gasteiger partial charge in [-0.2, -0.15) is 0 Å². The van der Waals surface area contributed by atoms with Crippen molar-refractivity contribution < 1.29 is 4.79 Å². The monoisotopic (exact) mass is 232 g/mol. The number of hydrogen-bond donors (Lipinski definition) is 2. The first kappa shape index (κ1) is 12.1. The topological polar surface area (TPSA) is 55.1 Å². The molecule has 1 amide bonds. The number of benzene rings is 1. The molecule has 0 bridgehead atoms. The van der Waals surface area contributed by atoms with E-state index in [0.717, 1.165) is 31.2 Å². The highest BCUT2D eigenvalue weighted by molar-refractivity contribution is 5.94. The second-order valence-electron chi connectivity index (χ2n) is 4.96. The number of amides is 1. The molecule has 2 rings (SSSR count). The lowest BCUT2D eigenvalue weighted by atomic mass is 9.91. The average molecular weight is 232 g/mol. The van der Waals surface area contributed by atoms with E-state index in [2.05, 4.69) is 5.32 Å². The largest absolute Gasteiger partial charge is 0.349 e. The van der Waals surface area contributed by atoms with E-state index in [0.29, 0.717) is 0 Å². The molecule has 3 N–H and O–H groups in total. The predicted octanol–water partition coefficient (Wildman–Crippen LogP) is 1.99. The number of aryl methyl sites for hydroxylation is 1. The van der Waals surface area contributed by atoms with Gasteiger partial charge < -0.3 is 11.1 Å². The number of nitrogens with one attached hydrogen (secondary N) is 1. The summed E-state index contributed by atoms with van der Waals surface area (Å²) >= 11 is 0. The summed E-state index contributed by atoms with van der Waals surface area (Å²) < 4.78 is 0. The fraction of sp³-hybridized carbons (Fsp3) is 0.500. The van der Waals surface area contributed by atoms with Gasteiger partial charge in [0.25, 0.3) is 5.91 Å². The summed E-state index contributed by atoms with van der Waals surface area (Å²) in [6.45, 7) is 2.02. The van der Waals surface area contributed by atoms with Crippen molar-refractivity contribution in [3.8, 4) is 0 Å². The third-order valence-electron chi connectivity index (χ3n) is 3.36. The molecule has 1 aromatic carbocycles. The van der Waals surface area contributed by atoms with Gasteiger partial charge in [-0.25, -0.2) is 0 Å². The van der Waals surface area contributed by atoms with Crippen LogP contribution in [0.15, 0.2) is 24.3 Å². The number of hydrogen-bond acceptors (Lipinski definition) is 2. The Labute approximate surface area is 102 Å². The van der Waals surface area contributed by atoms with Gasteiger partial charge in [-0.1, -0.05) is 17.7 Å². The molecule has 1 aliphatic carbocycles. The zero-order chi connectivity index (χ0) is 12.3. The Morgan fingerprint density at radius 1 is 1.29 bits per heavy atom. The molecular formula is C14H20N2O. The average Bonchev–Trinajstić information content (AvgIpc) is 2.29. The van der Waals surface area contributed by atoms with E-state index in [4.69, 9.17) is 5.73 Å². The van der Waals surface area contributed by atoms with Gasteiger partial charge in [0, 0.05) is 17.6 Å². The van der Waals surface area contributed by atoms with Crippen LogP contribution in [0.3, 0.4) is 0 Å². The van der Waals surface area contributed by atoms with Gasteiger partial charge in [-0.05, 0) is 44.7 Å².